The van der Waals surface area contributed by atoms with Crippen LogP contribution in [0.2, 0.25) is 0 Å². The van der Waals surface area contributed by atoms with Gasteiger partial charge >= 0.3 is 12.1 Å². The van der Waals surface area contributed by atoms with E-state index in [0.29, 0.717) is 25.4 Å². The number of carbonyl (C=O) groups is 3. The molecule has 0 saturated carbocycles. The molecular formula is C20H27NO5. The Morgan fingerprint density at radius 1 is 1.08 bits per heavy atom. The van der Waals surface area contributed by atoms with Crippen molar-refractivity contribution in [2.45, 2.75) is 45.6 Å². The van der Waals surface area contributed by atoms with Gasteiger partial charge in [0.1, 0.15) is 6.61 Å². The fraction of sp³-hybridized carbons (Fsp3) is 0.550. The van der Waals surface area contributed by atoms with Crippen LogP contribution in [-0.4, -0.2) is 42.4 Å². The number of ketones is 1. The van der Waals surface area contributed by atoms with Gasteiger partial charge in [-0.1, -0.05) is 30.3 Å². The highest BCUT2D eigenvalue weighted by Gasteiger charge is 2.24. The van der Waals surface area contributed by atoms with Gasteiger partial charge in [0.2, 0.25) is 5.78 Å². The van der Waals surface area contributed by atoms with E-state index in [4.69, 9.17) is 9.47 Å². The molecule has 0 atom stereocenters. The molecule has 1 heterocycles. The fourth-order valence-electron chi connectivity index (χ4n) is 3.08. The standard InChI is InChI=1S/C20H27NO5/c1-2-25-19(23)18(22)10-6-9-16-11-13-21(14-12-16)20(24)26-15-17-7-4-3-5-8-17/h3-5,7-8,16H,2,6,9-15H2,1H3. The largest absolute Gasteiger partial charge is 0.460 e. The Hall–Kier alpha value is -2.37. The first-order chi connectivity index (χ1) is 12.6. The Morgan fingerprint density at radius 3 is 2.42 bits per heavy atom. The van der Waals surface area contributed by atoms with E-state index in [2.05, 4.69) is 0 Å². The molecule has 0 unspecified atom stereocenters. The maximum Gasteiger partial charge on any atom is 0.410 e. The number of likely N-dealkylation sites (tertiary alicyclic amines) is 1. The molecule has 2 rings (SSSR count). The average molecular weight is 361 g/mol. The molecule has 26 heavy (non-hydrogen) atoms. The SMILES string of the molecule is CCOC(=O)C(=O)CCCC1CCN(C(=O)OCc2ccccc2)CC1. The Kier molecular flexibility index (Phi) is 8.12. The zero-order chi connectivity index (χ0) is 18.8. The van der Waals surface area contributed by atoms with E-state index in [1.165, 1.54) is 0 Å². The summed E-state index contributed by atoms with van der Waals surface area (Å²) in [4.78, 5) is 36.7. The Balaban J connectivity index is 1.61. The molecule has 142 valence electrons. The number of hydrogen-bond acceptors (Lipinski definition) is 5. The zero-order valence-corrected chi connectivity index (χ0v) is 15.3. The summed E-state index contributed by atoms with van der Waals surface area (Å²) in [6.07, 6.45) is 3.32. The molecule has 1 saturated heterocycles. The summed E-state index contributed by atoms with van der Waals surface area (Å²) < 4.78 is 10.1. The van der Waals surface area contributed by atoms with Crippen LogP contribution in [0.1, 0.15) is 44.6 Å². The third-order valence-corrected chi connectivity index (χ3v) is 4.60. The second-order valence-electron chi connectivity index (χ2n) is 6.51. The highest BCUT2D eigenvalue weighted by molar-refractivity contribution is 6.33. The quantitative estimate of drug-likeness (QED) is 0.524. The van der Waals surface area contributed by atoms with Crippen molar-refractivity contribution in [3.05, 3.63) is 35.9 Å². The molecule has 0 radical (unpaired) electrons. The third-order valence-electron chi connectivity index (χ3n) is 4.60. The second kappa shape index (κ2) is 10.6. The molecule has 0 N–H and O–H groups in total. The van der Waals surface area contributed by atoms with Gasteiger partial charge in [0.25, 0.3) is 0 Å². The molecule has 6 nitrogen and oxygen atoms in total. The van der Waals surface area contributed by atoms with Crippen molar-refractivity contribution in [3.63, 3.8) is 0 Å². The van der Waals surface area contributed by atoms with Crippen LogP contribution in [0.4, 0.5) is 4.79 Å². The molecular weight excluding hydrogens is 334 g/mol. The summed E-state index contributed by atoms with van der Waals surface area (Å²) in [6.45, 7) is 3.54. The van der Waals surface area contributed by atoms with Gasteiger partial charge in [-0.25, -0.2) is 9.59 Å². The van der Waals surface area contributed by atoms with Crippen molar-refractivity contribution in [2.75, 3.05) is 19.7 Å². The van der Waals surface area contributed by atoms with Crippen LogP contribution in [0.15, 0.2) is 30.3 Å². The van der Waals surface area contributed by atoms with Gasteiger partial charge in [-0.2, -0.15) is 0 Å². The predicted octanol–water partition coefficient (Wildman–Crippen LogP) is 3.34. The first-order valence-corrected chi connectivity index (χ1v) is 9.25. The van der Waals surface area contributed by atoms with E-state index in [1.807, 2.05) is 30.3 Å². The molecule has 1 aromatic carbocycles. The maximum atomic E-state index is 12.1. The molecule has 1 fully saturated rings. The predicted molar refractivity (Wildman–Crippen MR) is 96.4 cm³/mol. The monoisotopic (exact) mass is 361 g/mol. The van der Waals surface area contributed by atoms with Crippen molar-refractivity contribution in [1.29, 1.82) is 0 Å². The lowest BCUT2D eigenvalue weighted by Crippen LogP contribution is -2.38. The molecule has 1 aromatic rings. The lowest BCUT2D eigenvalue weighted by atomic mass is 9.91. The minimum Gasteiger partial charge on any atom is -0.460 e. The number of ether oxygens (including phenoxy) is 2. The van der Waals surface area contributed by atoms with Crippen LogP contribution < -0.4 is 0 Å². The lowest BCUT2D eigenvalue weighted by molar-refractivity contribution is -0.153. The van der Waals surface area contributed by atoms with Gasteiger partial charge in [-0.15, -0.1) is 0 Å². The molecule has 0 aromatic heterocycles. The summed E-state index contributed by atoms with van der Waals surface area (Å²) in [5.41, 5.74) is 0.974. The minimum absolute atomic E-state index is 0.226. The summed E-state index contributed by atoms with van der Waals surface area (Å²) in [7, 11) is 0. The number of hydrogen-bond donors (Lipinski definition) is 0. The smallest absolute Gasteiger partial charge is 0.410 e. The molecule has 1 aliphatic heterocycles. The normalized spacial score (nSPS) is 14.7. The lowest BCUT2D eigenvalue weighted by Gasteiger charge is -2.31. The Bertz CT molecular complexity index is 593. The third kappa shape index (κ3) is 6.50. The van der Waals surface area contributed by atoms with Crippen LogP contribution in [0.5, 0.6) is 0 Å². The van der Waals surface area contributed by atoms with E-state index >= 15 is 0 Å². The summed E-state index contributed by atoms with van der Waals surface area (Å²) in [6, 6.07) is 9.62. The van der Waals surface area contributed by atoms with Crippen LogP contribution in [0.3, 0.4) is 0 Å². The molecule has 1 amide bonds. The van der Waals surface area contributed by atoms with E-state index < -0.39 is 11.8 Å². The maximum absolute atomic E-state index is 12.1. The Labute approximate surface area is 154 Å². The van der Waals surface area contributed by atoms with Gasteiger partial charge in [0.05, 0.1) is 6.61 Å². The minimum atomic E-state index is -0.733. The number of rotatable bonds is 8. The fourth-order valence-corrected chi connectivity index (χ4v) is 3.08. The van der Waals surface area contributed by atoms with E-state index in [1.54, 1.807) is 11.8 Å². The van der Waals surface area contributed by atoms with Crippen LogP contribution >= 0.6 is 0 Å². The number of carbonyl (C=O) groups excluding carboxylic acids is 3. The van der Waals surface area contributed by atoms with E-state index in [9.17, 15) is 14.4 Å². The highest BCUT2D eigenvalue weighted by Crippen LogP contribution is 2.23. The Morgan fingerprint density at radius 2 is 1.77 bits per heavy atom. The molecule has 1 aliphatic rings. The van der Waals surface area contributed by atoms with Gasteiger partial charge in [0, 0.05) is 19.5 Å². The van der Waals surface area contributed by atoms with Crippen LogP contribution in [0.25, 0.3) is 0 Å². The summed E-state index contributed by atoms with van der Waals surface area (Å²) in [5, 5.41) is 0. The number of Topliss-reactive ketones (excluding diaryl/α,β-unsaturated/α-hetero) is 1. The molecule has 0 aliphatic carbocycles. The molecule has 0 spiro atoms. The zero-order valence-electron chi connectivity index (χ0n) is 15.3. The number of amides is 1. The van der Waals surface area contributed by atoms with Crippen molar-refractivity contribution in [1.82, 2.24) is 4.90 Å². The van der Waals surface area contributed by atoms with Crippen molar-refractivity contribution in [3.8, 4) is 0 Å². The average Bonchev–Trinajstić information content (AvgIpc) is 2.67. The number of benzene rings is 1. The highest BCUT2D eigenvalue weighted by atomic mass is 16.6. The van der Waals surface area contributed by atoms with Crippen molar-refractivity contribution >= 4 is 17.8 Å². The van der Waals surface area contributed by atoms with E-state index in [-0.39, 0.29) is 25.7 Å². The number of piperidine rings is 1. The molecule has 6 heteroatoms. The van der Waals surface area contributed by atoms with Gasteiger partial charge < -0.3 is 14.4 Å². The molecule has 0 bridgehead atoms. The number of nitrogens with zero attached hydrogens (tertiary/aromatic N) is 1. The number of esters is 1. The van der Waals surface area contributed by atoms with Gasteiger partial charge in [-0.3, -0.25) is 4.79 Å². The topological polar surface area (TPSA) is 72.9 Å². The first-order valence-electron chi connectivity index (χ1n) is 9.25. The van der Waals surface area contributed by atoms with Crippen LogP contribution in [-0.2, 0) is 25.7 Å². The summed E-state index contributed by atoms with van der Waals surface area (Å²) >= 11 is 0. The van der Waals surface area contributed by atoms with Gasteiger partial charge in [-0.05, 0) is 44.1 Å². The summed E-state index contributed by atoms with van der Waals surface area (Å²) in [5.74, 6) is -0.708. The van der Waals surface area contributed by atoms with Crippen molar-refractivity contribution < 1.29 is 23.9 Å². The van der Waals surface area contributed by atoms with Crippen molar-refractivity contribution in [2.24, 2.45) is 5.92 Å². The first kappa shape index (κ1) is 19.9. The van der Waals surface area contributed by atoms with Gasteiger partial charge in [0.15, 0.2) is 0 Å². The van der Waals surface area contributed by atoms with Crippen LogP contribution in [0, 0.1) is 5.92 Å². The van der Waals surface area contributed by atoms with E-state index in [0.717, 1.165) is 24.8 Å². The second-order valence-corrected chi connectivity index (χ2v) is 6.51.